The Kier molecular flexibility index (Phi) is 4.20. The van der Waals surface area contributed by atoms with E-state index in [0.29, 0.717) is 22.2 Å². The van der Waals surface area contributed by atoms with E-state index in [1.165, 1.54) is 6.92 Å². The van der Waals surface area contributed by atoms with Crippen molar-refractivity contribution in [1.82, 2.24) is 9.97 Å². The number of pyridine rings is 2. The maximum atomic E-state index is 12.5. The van der Waals surface area contributed by atoms with Crippen molar-refractivity contribution in [1.29, 1.82) is 0 Å². The number of nitrogens with zero attached hydrogens (tertiary/aromatic N) is 2. The number of hydrogen-bond acceptors (Lipinski definition) is 5. The number of hydrogen-bond donors (Lipinski definition) is 1. The van der Waals surface area contributed by atoms with Crippen LogP contribution in [0.1, 0.15) is 17.3 Å². The minimum atomic E-state index is -1.01. The number of para-hydroxylation sites is 1. The lowest BCUT2D eigenvalue weighted by molar-refractivity contribution is -0.125. The molecule has 6 nitrogen and oxygen atoms in total. The lowest BCUT2D eigenvalue weighted by Crippen LogP contribution is -2.30. The van der Waals surface area contributed by atoms with Crippen LogP contribution in [0.4, 0.5) is 0 Å². The monoisotopic (exact) mass is 321 g/mol. The standard InChI is InChI=1S/C18H15N3O3/c1-11(17(19)22)24-18(23)14-9-16(12-5-4-8-20-10-12)21-15-7-3-2-6-13(14)15/h2-11H,1H3,(H2,19,22)/t11-/m0/s1. The van der Waals surface area contributed by atoms with Crippen LogP contribution in [0.25, 0.3) is 22.2 Å². The predicted molar refractivity (Wildman–Crippen MR) is 89.0 cm³/mol. The number of primary amides is 1. The molecule has 3 rings (SSSR count). The molecule has 2 N–H and O–H groups in total. The second-order valence-corrected chi connectivity index (χ2v) is 5.26. The number of fused-ring (bicyclic) bond motifs is 1. The van der Waals surface area contributed by atoms with E-state index in [4.69, 9.17) is 10.5 Å². The van der Waals surface area contributed by atoms with Crippen LogP contribution in [0, 0.1) is 0 Å². The third kappa shape index (κ3) is 3.08. The van der Waals surface area contributed by atoms with Gasteiger partial charge in [0.05, 0.1) is 16.8 Å². The Labute approximate surface area is 138 Å². The highest BCUT2D eigenvalue weighted by Crippen LogP contribution is 2.25. The van der Waals surface area contributed by atoms with Crippen LogP contribution in [0.15, 0.2) is 54.9 Å². The van der Waals surface area contributed by atoms with E-state index < -0.39 is 18.0 Å². The number of aromatic nitrogens is 2. The van der Waals surface area contributed by atoms with Crippen molar-refractivity contribution >= 4 is 22.8 Å². The van der Waals surface area contributed by atoms with Gasteiger partial charge >= 0.3 is 5.97 Å². The molecule has 1 amide bonds. The molecule has 6 heteroatoms. The first-order valence-corrected chi connectivity index (χ1v) is 7.37. The van der Waals surface area contributed by atoms with Crippen molar-refractivity contribution in [2.45, 2.75) is 13.0 Å². The van der Waals surface area contributed by atoms with Crippen molar-refractivity contribution in [2.24, 2.45) is 5.73 Å². The third-order valence-corrected chi connectivity index (χ3v) is 3.58. The first-order valence-electron chi connectivity index (χ1n) is 7.37. The van der Waals surface area contributed by atoms with Crippen LogP contribution in [-0.2, 0) is 9.53 Å². The van der Waals surface area contributed by atoms with Gasteiger partial charge in [0.25, 0.3) is 5.91 Å². The molecular weight excluding hydrogens is 306 g/mol. The molecule has 1 atom stereocenters. The summed E-state index contributed by atoms with van der Waals surface area (Å²) in [7, 11) is 0. The summed E-state index contributed by atoms with van der Waals surface area (Å²) >= 11 is 0. The fourth-order valence-electron chi connectivity index (χ4n) is 2.29. The highest BCUT2D eigenvalue weighted by Gasteiger charge is 2.19. The van der Waals surface area contributed by atoms with Crippen molar-refractivity contribution in [3.8, 4) is 11.3 Å². The van der Waals surface area contributed by atoms with E-state index in [1.54, 1.807) is 30.6 Å². The first kappa shape index (κ1) is 15.6. The second kappa shape index (κ2) is 6.45. The molecule has 0 radical (unpaired) electrons. The van der Waals surface area contributed by atoms with E-state index >= 15 is 0 Å². The van der Waals surface area contributed by atoms with Gasteiger partial charge < -0.3 is 10.5 Å². The lowest BCUT2D eigenvalue weighted by atomic mass is 10.1. The SMILES string of the molecule is C[C@H](OC(=O)c1cc(-c2cccnc2)nc2ccccc12)C(N)=O. The molecule has 0 spiro atoms. The Balaban J connectivity index is 2.11. The van der Waals surface area contributed by atoms with Crippen molar-refractivity contribution in [2.75, 3.05) is 0 Å². The number of rotatable bonds is 4. The number of ether oxygens (including phenoxy) is 1. The number of benzene rings is 1. The quantitative estimate of drug-likeness (QED) is 0.744. The zero-order valence-corrected chi connectivity index (χ0v) is 13.0. The zero-order chi connectivity index (χ0) is 17.1. The van der Waals surface area contributed by atoms with E-state index in [1.807, 2.05) is 24.3 Å². The van der Waals surface area contributed by atoms with Gasteiger partial charge in [-0.25, -0.2) is 9.78 Å². The molecule has 2 heterocycles. The maximum absolute atomic E-state index is 12.5. The zero-order valence-electron chi connectivity index (χ0n) is 13.0. The summed E-state index contributed by atoms with van der Waals surface area (Å²) in [6, 6.07) is 12.5. The van der Waals surface area contributed by atoms with Crippen LogP contribution in [0.2, 0.25) is 0 Å². The Hall–Kier alpha value is -3.28. The van der Waals surface area contributed by atoms with Gasteiger partial charge in [-0.2, -0.15) is 0 Å². The Bertz CT molecular complexity index is 910. The van der Waals surface area contributed by atoms with Gasteiger partial charge in [-0.05, 0) is 31.2 Å². The largest absolute Gasteiger partial charge is 0.449 e. The summed E-state index contributed by atoms with van der Waals surface area (Å²) in [6.07, 6.45) is 2.32. The number of amides is 1. The van der Waals surface area contributed by atoms with Gasteiger partial charge in [-0.1, -0.05) is 18.2 Å². The molecule has 0 saturated heterocycles. The minimum absolute atomic E-state index is 0.326. The highest BCUT2D eigenvalue weighted by atomic mass is 16.5. The normalized spacial score (nSPS) is 11.9. The Morgan fingerprint density at radius 1 is 1.17 bits per heavy atom. The van der Waals surface area contributed by atoms with E-state index in [9.17, 15) is 9.59 Å². The van der Waals surface area contributed by atoms with Crippen LogP contribution < -0.4 is 5.73 Å². The smallest absolute Gasteiger partial charge is 0.339 e. The van der Waals surface area contributed by atoms with Gasteiger partial charge in [-0.3, -0.25) is 9.78 Å². The molecule has 0 aliphatic rings. The molecule has 2 aromatic heterocycles. The number of carbonyl (C=O) groups is 2. The van der Waals surface area contributed by atoms with Crippen LogP contribution in [-0.4, -0.2) is 27.9 Å². The minimum Gasteiger partial charge on any atom is -0.449 e. The summed E-state index contributed by atoms with van der Waals surface area (Å²) in [5, 5.41) is 0.645. The molecule has 1 aromatic carbocycles. The molecule has 24 heavy (non-hydrogen) atoms. The maximum Gasteiger partial charge on any atom is 0.339 e. The molecular formula is C18H15N3O3. The Morgan fingerprint density at radius 3 is 2.67 bits per heavy atom. The van der Waals surface area contributed by atoms with Gasteiger partial charge in [0, 0.05) is 23.3 Å². The van der Waals surface area contributed by atoms with Crippen LogP contribution >= 0.6 is 0 Å². The molecule has 3 aromatic rings. The van der Waals surface area contributed by atoms with Crippen molar-refractivity contribution < 1.29 is 14.3 Å². The summed E-state index contributed by atoms with van der Waals surface area (Å²) in [5.74, 6) is -1.32. The number of carbonyl (C=O) groups excluding carboxylic acids is 2. The van der Waals surface area contributed by atoms with Crippen molar-refractivity contribution in [3.05, 3.63) is 60.4 Å². The molecule has 0 fully saturated rings. The fourth-order valence-corrected chi connectivity index (χ4v) is 2.29. The van der Waals surface area contributed by atoms with E-state index in [-0.39, 0.29) is 0 Å². The summed E-state index contributed by atoms with van der Waals surface area (Å²) in [4.78, 5) is 32.3. The Morgan fingerprint density at radius 2 is 1.96 bits per heavy atom. The van der Waals surface area contributed by atoms with E-state index in [0.717, 1.165) is 5.56 Å². The molecule has 0 saturated carbocycles. The summed E-state index contributed by atoms with van der Waals surface area (Å²) in [5.41, 5.74) is 7.51. The molecule has 0 aliphatic carbocycles. The number of nitrogens with two attached hydrogens (primary N) is 1. The van der Waals surface area contributed by atoms with E-state index in [2.05, 4.69) is 9.97 Å². The highest BCUT2D eigenvalue weighted by molar-refractivity contribution is 6.05. The van der Waals surface area contributed by atoms with Crippen LogP contribution in [0.5, 0.6) is 0 Å². The molecule has 0 bridgehead atoms. The average molecular weight is 321 g/mol. The summed E-state index contributed by atoms with van der Waals surface area (Å²) in [6.45, 7) is 1.44. The fraction of sp³-hybridized carbons (Fsp3) is 0.111. The second-order valence-electron chi connectivity index (χ2n) is 5.26. The van der Waals surface area contributed by atoms with Gasteiger partial charge in [0.2, 0.25) is 0 Å². The number of esters is 1. The predicted octanol–water partition coefficient (Wildman–Crippen LogP) is 2.33. The van der Waals surface area contributed by atoms with Crippen molar-refractivity contribution in [3.63, 3.8) is 0 Å². The first-order chi connectivity index (χ1) is 11.6. The lowest BCUT2D eigenvalue weighted by Gasteiger charge is -2.12. The summed E-state index contributed by atoms with van der Waals surface area (Å²) < 4.78 is 5.14. The molecule has 0 aliphatic heterocycles. The van der Waals surface area contributed by atoms with Crippen LogP contribution in [0.3, 0.4) is 0 Å². The third-order valence-electron chi connectivity index (χ3n) is 3.58. The topological polar surface area (TPSA) is 95.2 Å². The van der Waals surface area contributed by atoms with Gasteiger partial charge in [0.1, 0.15) is 0 Å². The van der Waals surface area contributed by atoms with Gasteiger partial charge in [-0.15, -0.1) is 0 Å². The molecule has 120 valence electrons. The molecule has 0 unspecified atom stereocenters. The average Bonchev–Trinajstić information content (AvgIpc) is 2.61. The van der Waals surface area contributed by atoms with Gasteiger partial charge in [0.15, 0.2) is 6.10 Å².